The molecule has 7 heteroatoms. The standard InChI is InChI=1S/C20H22N2O5/c1-12-7-9-14(10-8-12)21-17(23)11-27-20(26)13(2)22-18(24)15-5-3-4-6-16(15)19(22)25/h3-4,7-10,13,15-16H,5-6,11H2,1-2H3,(H,21,23)/t13-,15+,16+/m0/s1. The maximum absolute atomic E-state index is 12.5. The number of likely N-dealkylation sites (tertiary alicyclic amines) is 1. The Balaban J connectivity index is 1.54. The number of aryl methyl sites for hydroxylation is 1. The van der Waals surface area contributed by atoms with Gasteiger partial charge in [-0.2, -0.15) is 0 Å². The second-order valence-corrected chi connectivity index (χ2v) is 6.90. The molecule has 1 N–H and O–H groups in total. The number of benzene rings is 1. The van der Waals surface area contributed by atoms with Gasteiger partial charge in [0.15, 0.2) is 6.61 Å². The summed E-state index contributed by atoms with van der Waals surface area (Å²) in [7, 11) is 0. The fourth-order valence-electron chi connectivity index (χ4n) is 3.40. The third-order valence-electron chi connectivity index (χ3n) is 4.95. The molecule has 0 bridgehead atoms. The summed E-state index contributed by atoms with van der Waals surface area (Å²) in [6.07, 6.45) is 4.78. The van der Waals surface area contributed by atoms with Gasteiger partial charge < -0.3 is 10.1 Å². The van der Waals surface area contributed by atoms with E-state index in [-0.39, 0.29) is 11.8 Å². The van der Waals surface area contributed by atoms with E-state index >= 15 is 0 Å². The number of nitrogens with one attached hydrogen (secondary N) is 1. The predicted octanol–water partition coefficient (Wildman–Crippen LogP) is 1.82. The average molecular weight is 370 g/mol. The summed E-state index contributed by atoms with van der Waals surface area (Å²) >= 11 is 0. The number of anilines is 1. The highest BCUT2D eigenvalue weighted by atomic mass is 16.5. The van der Waals surface area contributed by atoms with Gasteiger partial charge in [0, 0.05) is 5.69 Å². The van der Waals surface area contributed by atoms with Crippen LogP contribution in [-0.2, 0) is 23.9 Å². The smallest absolute Gasteiger partial charge is 0.329 e. The first-order valence-corrected chi connectivity index (χ1v) is 8.93. The summed E-state index contributed by atoms with van der Waals surface area (Å²) in [5.41, 5.74) is 1.65. The van der Waals surface area contributed by atoms with Gasteiger partial charge in [-0.25, -0.2) is 4.79 Å². The summed E-state index contributed by atoms with van der Waals surface area (Å²) in [5, 5.41) is 2.62. The largest absolute Gasteiger partial charge is 0.454 e. The van der Waals surface area contributed by atoms with Crippen LogP contribution in [0.1, 0.15) is 25.3 Å². The van der Waals surface area contributed by atoms with E-state index in [1.54, 1.807) is 12.1 Å². The lowest BCUT2D eigenvalue weighted by atomic mass is 9.85. The summed E-state index contributed by atoms with van der Waals surface area (Å²) in [5.74, 6) is -2.75. The van der Waals surface area contributed by atoms with E-state index in [1.165, 1.54) is 6.92 Å². The lowest BCUT2D eigenvalue weighted by Crippen LogP contribution is -2.45. The molecule has 7 nitrogen and oxygen atoms in total. The topological polar surface area (TPSA) is 92.8 Å². The zero-order chi connectivity index (χ0) is 19.6. The van der Waals surface area contributed by atoms with Gasteiger partial charge in [-0.15, -0.1) is 0 Å². The number of ether oxygens (including phenoxy) is 1. The number of amides is 3. The Morgan fingerprint density at radius 3 is 2.22 bits per heavy atom. The van der Waals surface area contributed by atoms with E-state index in [9.17, 15) is 19.2 Å². The lowest BCUT2D eigenvalue weighted by Gasteiger charge is -2.21. The summed E-state index contributed by atoms with van der Waals surface area (Å²) < 4.78 is 5.01. The number of hydrogen-bond donors (Lipinski definition) is 1. The molecule has 1 aromatic rings. The molecule has 0 unspecified atom stereocenters. The van der Waals surface area contributed by atoms with E-state index in [4.69, 9.17) is 4.74 Å². The molecule has 3 amide bonds. The SMILES string of the molecule is Cc1ccc(NC(=O)COC(=O)[C@H](C)N2C(=O)[C@@H]3CC=CC[C@H]3C2=O)cc1. The van der Waals surface area contributed by atoms with E-state index in [0.29, 0.717) is 18.5 Å². The van der Waals surface area contributed by atoms with Crippen molar-refractivity contribution in [3.05, 3.63) is 42.0 Å². The monoisotopic (exact) mass is 370 g/mol. The summed E-state index contributed by atoms with van der Waals surface area (Å²) in [6, 6.07) is 6.14. The number of nitrogens with zero attached hydrogens (tertiary/aromatic N) is 1. The molecule has 1 heterocycles. The van der Waals surface area contributed by atoms with Crippen molar-refractivity contribution >= 4 is 29.4 Å². The van der Waals surface area contributed by atoms with Gasteiger partial charge in [-0.3, -0.25) is 19.3 Å². The second kappa shape index (κ2) is 7.73. The quantitative estimate of drug-likeness (QED) is 0.485. The van der Waals surface area contributed by atoms with Crippen molar-refractivity contribution in [3.8, 4) is 0 Å². The highest BCUT2D eigenvalue weighted by molar-refractivity contribution is 6.08. The zero-order valence-corrected chi connectivity index (χ0v) is 15.3. The van der Waals surface area contributed by atoms with Crippen molar-refractivity contribution in [2.75, 3.05) is 11.9 Å². The Kier molecular flexibility index (Phi) is 5.39. The molecule has 0 saturated carbocycles. The predicted molar refractivity (Wildman–Crippen MR) is 97.4 cm³/mol. The number of hydrogen-bond acceptors (Lipinski definition) is 5. The molecule has 3 atom stereocenters. The normalized spacial score (nSPS) is 22.4. The first kappa shape index (κ1) is 18.8. The third-order valence-corrected chi connectivity index (χ3v) is 4.95. The Hall–Kier alpha value is -2.96. The minimum absolute atomic E-state index is 0.345. The van der Waals surface area contributed by atoms with Gasteiger partial charge in [-0.1, -0.05) is 29.8 Å². The molecule has 0 aromatic heterocycles. The van der Waals surface area contributed by atoms with Crippen LogP contribution in [0.15, 0.2) is 36.4 Å². The number of carbonyl (C=O) groups is 4. The minimum Gasteiger partial charge on any atom is -0.454 e. The summed E-state index contributed by atoms with van der Waals surface area (Å²) in [6.45, 7) is 2.89. The molecule has 1 aliphatic carbocycles. The highest BCUT2D eigenvalue weighted by Gasteiger charge is 2.50. The second-order valence-electron chi connectivity index (χ2n) is 6.90. The Bertz CT molecular complexity index is 773. The van der Waals surface area contributed by atoms with Gasteiger partial charge in [-0.05, 0) is 38.8 Å². The molecule has 1 saturated heterocycles. The minimum atomic E-state index is -1.05. The summed E-state index contributed by atoms with van der Waals surface area (Å²) in [4.78, 5) is 50.2. The number of imide groups is 1. The van der Waals surface area contributed by atoms with E-state index < -0.39 is 36.4 Å². The van der Waals surface area contributed by atoms with Crippen LogP contribution >= 0.6 is 0 Å². The van der Waals surface area contributed by atoms with Crippen molar-refractivity contribution in [1.29, 1.82) is 0 Å². The maximum Gasteiger partial charge on any atom is 0.329 e. The molecule has 0 radical (unpaired) electrons. The molecule has 3 rings (SSSR count). The first-order valence-electron chi connectivity index (χ1n) is 8.93. The van der Waals surface area contributed by atoms with Crippen LogP contribution in [0.2, 0.25) is 0 Å². The van der Waals surface area contributed by atoms with Crippen molar-refractivity contribution in [2.24, 2.45) is 11.8 Å². The van der Waals surface area contributed by atoms with E-state index in [1.807, 2.05) is 31.2 Å². The molecule has 142 valence electrons. The molecule has 27 heavy (non-hydrogen) atoms. The van der Waals surface area contributed by atoms with Crippen LogP contribution in [0.5, 0.6) is 0 Å². The van der Waals surface area contributed by atoms with Crippen LogP contribution in [-0.4, -0.2) is 41.2 Å². The van der Waals surface area contributed by atoms with Gasteiger partial charge in [0.25, 0.3) is 5.91 Å². The molecule has 1 fully saturated rings. The molecule has 0 spiro atoms. The zero-order valence-electron chi connectivity index (χ0n) is 15.3. The van der Waals surface area contributed by atoms with Crippen molar-refractivity contribution in [3.63, 3.8) is 0 Å². The van der Waals surface area contributed by atoms with Crippen molar-refractivity contribution in [2.45, 2.75) is 32.7 Å². The molecule has 2 aliphatic rings. The Morgan fingerprint density at radius 2 is 1.67 bits per heavy atom. The van der Waals surface area contributed by atoms with Gasteiger partial charge in [0.05, 0.1) is 11.8 Å². The third kappa shape index (κ3) is 3.92. The van der Waals surface area contributed by atoms with Gasteiger partial charge >= 0.3 is 5.97 Å². The Labute approximate surface area is 157 Å². The Morgan fingerprint density at radius 1 is 1.11 bits per heavy atom. The maximum atomic E-state index is 12.5. The van der Waals surface area contributed by atoms with Crippen molar-refractivity contribution < 1.29 is 23.9 Å². The number of fused-ring (bicyclic) bond motifs is 1. The van der Waals surface area contributed by atoms with E-state index in [0.717, 1.165) is 10.5 Å². The number of allylic oxidation sites excluding steroid dienone is 2. The number of rotatable bonds is 5. The van der Waals surface area contributed by atoms with Crippen molar-refractivity contribution in [1.82, 2.24) is 4.90 Å². The molecule has 1 aliphatic heterocycles. The highest BCUT2D eigenvalue weighted by Crippen LogP contribution is 2.36. The fourth-order valence-corrected chi connectivity index (χ4v) is 3.40. The van der Waals surface area contributed by atoms with Gasteiger partial charge in [0.2, 0.25) is 11.8 Å². The van der Waals surface area contributed by atoms with Gasteiger partial charge in [0.1, 0.15) is 6.04 Å². The fraction of sp³-hybridized carbons (Fsp3) is 0.400. The molecular formula is C20H22N2O5. The molecular weight excluding hydrogens is 348 g/mol. The number of esters is 1. The number of carbonyl (C=O) groups excluding carboxylic acids is 4. The lowest BCUT2D eigenvalue weighted by molar-refractivity contribution is -0.159. The average Bonchev–Trinajstić information content (AvgIpc) is 2.92. The van der Waals surface area contributed by atoms with Crippen LogP contribution in [0.4, 0.5) is 5.69 Å². The van der Waals surface area contributed by atoms with Crippen LogP contribution < -0.4 is 5.32 Å². The van der Waals surface area contributed by atoms with Crippen LogP contribution in [0.25, 0.3) is 0 Å². The first-order chi connectivity index (χ1) is 12.9. The molecule has 1 aromatic carbocycles. The van der Waals surface area contributed by atoms with Crippen LogP contribution in [0.3, 0.4) is 0 Å². The van der Waals surface area contributed by atoms with E-state index in [2.05, 4.69) is 5.32 Å². The van der Waals surface area contributed by atoms with Crippen LogP contribution in [0, 0.1) is 18.8 Å².